The van der Waals surface area contributed by atoms with Gasteiger partial charge < -0.3 is 0 Å². The van der Waals surface area contributed by atoms with Gasteiger partial charge in [-0.3, -0.25) is 0 Å². The molecular formula is C38H22. The van der Waals surface area contributed by atoms with Gasteiger partial charge in [0.25, 0.3) is 0 Å². The normalized spacial score (nSPS) is 12.2. The summed E-state index contributed by atoms with van der Waals surface area (Å²) < 4.78 is 0. The molecule has 174 valence electrons. The fourth-order valence-electron chi connectivity index (χ4n) is 6.97. The maximum atomic E-state index is 2.34. The monoisotopic (exact) mass is 478 g/mol. The Bertz CT molecular complexity index is 2380. The molecule has 0 aliphatic carbocycles. The van der Waals surface area contributed by atoms with Gasteiger partial charge in [-0.05, 0) is 86.5 Å². The van der Waals surface area contributed by atoms with Crippen LogP contribution in [-0.2, 0) is 0 Å². The molecular weight excluding hydrogens is 456 g/mol. The third-order valence-corrected chi connectivity index (χ3v) is 8.58. The van der Waals surface area contributed by atoms with E-state index in [4.69, 9.17) is 0 Å². The van der Waals surface area contributed by atoms with Crippen molar-refractivity contribution in [2.24, 2.45) is 0 Å². The molecule has 0 unspecified atom stereocenters. The zero-order chi connectivity index (χ0) is 24.8. The minimum Gasteiger partial charge on any atom is -0.0616 e. The number of benzene rings is 9. The lowest BCUT2D eigenvalue weighted by Crippen LogP contribution is -1.91. The lowest BCUT2D eigenvalue weighted by molar-refractivity contribution is 1.72. The Morgan fingerprint density at radius 3 is 1.61 bits per heavy atom. The predicted molar refractivity (Wildman–Crippen MR) is 166 cm³/mol. The number of hydrogen-bond acceptors (Lipinski definition) is 0. The maximum absolute atomic E-state index is 2.34. The molecule has 0 saturated heterocycles. The van der Waals surface area contributed by atoms with E-state index in [-0.39, 0.29) is 0 Å². The van der Waals surface area contributed by atoms with Crippen LogP contribution in [0.4, 0.5) is 0 Å². The van der Waals surface area contributed by atoms with Crippen molar-refractivity contribution in [1.29, 1.82) is 0 Å². The molecule has 9 rings (SSSR count). The quantitative estimate of drug-likeness (QED) is 0.163. The summed E-state index contributed by atoms with van der Waals surface area (Å²) in [6.45, 7) is 0. The fraction of sp³-hybridized carbons (Fsp3) is 0. The Morgan fingerprint density at radius 2 is 0.737 bits per heavy atom. The Hall–Kier alpha value is -4.94. The highest BCUT2D eigenvalue weighted by molar-refractivity contribution is 6.36. The molecule has 0 atom stereocenters. The zero-order valence-electron chi connectivity index (χ0n) is 20.7. The summed E-state index contributed by atoms with van der Waals surface area (Å²) in [7, 11) is 0. The largest absolute Gasteiger partial charge is 0.0616 e. The van der Waals surface area contributed by atoms with E-state index < -0.39 is 0 Å². The molecule has 0 spiro atoms. The standard InChI is InChI=1S/C38H22/c1-2-11-26-23(7-1)17-19-30-27-12-6-13-28(31(27)22-21-29(26)30)34-20-18-25-10-4-15-33-32-14-3-8-24-9-5-16-35(36(24)32)38(34)37(25)33/h1-22H. The third kappa shape index (κ3) is 2.54. The first-order valence-electron chi connectivity index (χ1n) is 13.3. The molecule has 38 heavy (non-hydrogen) atoms. The minimum atomic E-state index is 1.29. The Balaban J connectivity index is 1.47. The molecule has 0 radical (unpaired) electrons. The van der Waals surface area contributed by atoms with Crippen LogP contribution in [0.1, 0.15) is 0 Å². The van der Waals surface area contributed by atoms with Crippen molar-refractivity contribution >= 4 is 75.4 Å². The van der Waals surface area contributed by atoms with Crippen LogP contribution in [0.25, 0.3) is 86.5 Å². The second-order valence-corrected chi connectivity index (χ2v) is 10.4. The van der Waals surface area contributed by atoms with Gasteiger partial charge in [-0.25, -0.2) is 0 Å². The van der Waals surface area contributed by atoms with Gasteiger partial charge >= 0.3 is 0 Å². The third-order valence-electron chi connectivity index (χ3n) is 8.58. The van der Waals surface area contributed by atoms with Crippen LogP contribution < -0.4 is 0 Å². The molecule has 0 aromatic heterocycles. The first-order valence-corrected chi connectivity index (χ1v) is 13.3. The van der Waals surface area contributed by atoms with Crippen molar-refractivity contribution in [3.63, 3.8) is 0 Å². The second-order valence-electron chi connectivity index (χ2n) is 10.4. The summed E-state index contributed by atoms with van der Waals surface area (Å²) in [5, 5.41) is 18.5. The summed E-state index contributed by atoms with van der Waals surface area (Å²) in [5.41, 5.74) is 2.60. The van der Waals surface area contributed by atoms with Gasteiger partial charge in [-0.1, -0.05) is 133 Å². The minimum absolute atomic E-state index is 1.29. The molecule has 9 aromatic carbocycles. The van der Waals surface area contributed by atoms with Crippen molar-refractivity contribution in [3.05, 3.63) is 133 Å². The molecule has 0 nitrogen and oxygen atoms in total. The second kappa shape index (κ2) is 7.31. The van der Waals surface area contributed by atoms with Crippen molar-refractivity contribution < 1.29 is 0 Å². The Morgan fingerprint density at radius 1 is 0.211 bits per heavy atom. The van der Waals surface area contributed by atoms with Gasteiger partial charge in [0, 0.05) is 0 Å². The van der Waals surface area contributed by atoms with E-state index in [9.17, 15) is 0 Å². The van der Waals surface area contributed by atoms with Crippen molar-refractivity contribution in [3.8, 4) is 11.1 Å². The average Bonchev–Trinajstić information content (AvgIpc) is 2.99. The molecule has 0 heteroatoms. The van der Waals surface area contributed by atoms with Gasteiger partial charge in [0.2, 0.25) is 0 Å². The summed E-state index contributed by atoms with van der Waals surface area (Å²) in [6.07, 6.45) is 0. The highest BCUT2D eigenvalue weighted by atomic mass is 14.2. The number of fused-ring (bicyclic) bond motifs is 7. The SMILES string of the molecule is c1ccc2c(c1)ccc1c3cccc(-c4ccc5cccc6c7cccc8cccc(c4c56)c87)c3ccc21. The van der Waals surface area contributed by atoms with Crippen LogP contribution in [0.3, 0.4) is 0 Å². The smallest absolute Gasteiger partial charge is 0.00139 e. The van der Waals surface area contributed by atoms with Crippen LogP contribution in [0, 0.1) is 0 Å². The summed E-state index contributed by atoms with van der Waals surface area (Å²) in [5.74, 6) is 0. The highest BCUT2D eigenvalue weighted by Crippen LogP contribution is 2.46. The van der Waals surface area contributed by atoms with Gasteiger partial charge in [0.05, 0.1) is 0 Å². The molecule has 0 amide bonds. The first kappa shape index (κ1) is 20.2. The van der Waals surface area contributed by atoms with E-state index >= 15 is 0 Å². The summed E-state index contributed by atoms with van der Waals surface area (Å²) in [4.78, 5) is 0. The summed E-state index contributed by atoms with van der Waals surface area (Å²) >= 11 is 0. The van der Waals surface area contributed by atoms with E-state index in [0.29, 0.717) is 0 Å². The average molecular weight is 479 g/mol. The van der Waals surface area contributed by atoms with E-state index in [1.54, 1.807) is 0 Å². The van der Waals surface area contributed by atoms with Crippen LogP contribution >= 0.6 is 0 Å². The summed E-state index contributed by atoms with van der Waals surface area (Å²) in [6, 6.07) is 49.6. The van der Waals surface area contributed by atoms with Gasteiger partial charge in [0.15, 0.2) is 0 Å². The van der Waals surface area contributed by atoms with Gasteiger partial charge in [-0.15, -0.1) is 0 Å². The fourth-order valence-corrected chi connectivity index (χ4v) is 6.97. The lowest BCUT2D eigenvalue weighted by atomic mass is 9.85. The van der Waals surface area contributed by atoms with Crippen LogP contribution in [-0.4, -0.2) is 0 Å². The molecule has 0 bridgehead atoms. The Labute approximate surface area is 219 Å². The molecule has 0 aliphatic heterocycles. The molecule has 0 N–H and O–H groups in total. The molecule has 0 heterocycles. The van der Waals surface area contributed by atoms with E-state index in [2.05, 4.69) is 133 Å². The molecule has 0 aliphatic rings. The van der Waals surface area contributed by atoms with Crippen LogP contribution in [0.5, 0.6) is 0 Å². The molecule has 9 aromatic rings. The van der Waals surface area contributed by atoms with Crippen LogP contribution in [0.15, 0.2) is 133 Å². The van der Waals surface area contributed by atoms with Gasteiger partial charge in [0.1, 0.15) is 0 Å². The van der Waals surface area contributed by atoms with Crippen molar-refractivity contribution in [2.45, 2.75) is 0 Å². The van der Waals surface area contributed by atoms with E-state index in [1.165, 1.54) is 86.5 Å². The molecule has 0 saturated carbocycles. The molecule has 0 fully saturated rings. The zero-order valence-corrected chi connectivity index (χ0v) is 20.7. The maximum Gasteiger partial charge on any atom is -0.00139 e. The number of rotatable bonds is 1. The van der Waals surface area contributed by atoms with Gasteiger partial charge in [-0.2, -0.15) is 0 Å². The number of hydrogen-bond donors (Lipinski definition) is 0. The highest BCUT2D eigenvalue weighted by Gasteiger charge is 2.17. The lowest BCUT2D eigenvalue weighted by Gasteiger charge is -2.18. The van der Waals surface area contributed by atoms with Crippen molar-refractivity contribution in [2.75, 3.05) is 0 Å². The predicted octanol–water partition coefficient (Wildman–Crippen LogP) is 10.9. The first-order chi connectivity index (χ1) is 18.9. The topological polar surface area (TPSA) is 0 Å². The van der Waals surface area contributed by atoms with E-state index in [1.807, 2.05) is 0 Å². The van der Waals surface area contributed by atoms with Crippen LogP contribution in [0.2, 0.25) is 0 Å². The van der Waals surface area contributed by atoms with Crippen molar-refractivity contribution in [1.82, 2.24) is 0 Å². The Kier molecular flexibility index (Phi) is 3.88. The van der Waals surface area contributed by atoms with E-state index in [0.717, 1.165) is 0 Å².